The minimum absolute atomic E-state index is 0.00616. The summed E-state index contributed by atoms with van der Waals surface area (Å²) in [5, 5.41) is 15.0. The molecule has 7 heteroatoms. The van der Waals surface area contributed by atoms with E-state index in [0.717, 1.165) is 6.42 Å². The maximum absolute atomic E-state index is 12.4. The Hall–Kier alpha value is -1.79. The van der Waals surface area contributed by atoms with Gasteiger partial charge in [0.1, 0.15) is 6.04 Å². The Balaban J connectivity index is 2.69. The molecule has 1 aliphatic rings. The fourth-order valence-electron chi connectivity index (χ4n) is 2.86. The predicted molar refractivity (Wildman–Crippen MR) is 87.1 cm³/mol. The number of nitrogens with one attached hydrogen (secondary N) is 2. The van der Waals surface area contributed by atoms with E-state index in [1.165, 1.54) is 4.90 Å². The van der Waals surface area contributed by atoms with E-state index in [1.54, 1.807) is 0 Å². The first-order valence-corrected chi connectivity index (χ1v) is 8.35. The smallest absolute Gasteiger partial charge is 0.318 e. The summed E-state index contributed by atoms with van der Waals surface area (Å²) in [6.45, 7) is 7.98. The molecule has 0 aromatic rings. The number of amides is 3. The summed E-state index contributed by atoms with van der Waals surface area (Å²) in [6, 6.07) is -0.756. The molecule has 1 fully saturated rings. The second kappa shape index (κ2) is 8.17. The second-order valence-corrected chi connectivity index (χ2v) is 6.47. The first kappa shape index (κ1) is 19.3. The van der Waals surface area contributed by atoms with E-state index in [1.807, 2.05) is 27.7 Å². The highest BCUT2D eigenvalue weighted by atomic mass is 16.4. The van der Waals surface area contributed by atoms with E-state index in [-0.39, 0.29) is 24.5 Å². The first-order chi connectivity index (χ1) is 10.8. The zero-order valence-electron chi connectivity index (χ0n) is 14.5. The average molecular weight is 327 g/mol. The van der Waals surface area contributed by atoms with E-state index in [0.29, 0.717) is 25.8 Å². The van der Waals surface area contributed by atoms with Gasteiger partial charge in [-0.05, 0) is 39.5 Å². The van der Waals surface area contributed by atoms with Crippen molar-refractivity contribution >= 4 is 17.9 Å². The molecule has 0 radical (unpaired) electrons. The van der Waals surface area contributed by atoms with Crippen LogP contribution in [0.5, 0.6) is 0 Å². The maximum Gasteiger partial charge on any atom is 0.318 e. The molecule has 1 heterocycles. The average Bonchev–Trinajstić information content (AvgIpc) is 2.97. The van der Waals surface area contributed by atoms with Crippen molar-refractivity contribution in [1.29, 1.82) is 0 Å². The fraction of sp³-hybridized carbons (Fsp3) is 0.812. The molecule has 1 saturated heterocycles. The van der Waals surface area contributed by atoms with Crippen LogP contribution in [-0.2, 0) is 9.59 Å². The van der Waals surface area contributed by atoms with Crippen LogP contribution >= 0.6 is 0 Å². The third-order valence-electron chi connectivity index (χ3n) is 4.64. The Bertz CT molecular complexity index is 447. The van der Waals surface area contributed by atoms with Gasteiger partial charge in [0.2, 0.25) is 5.91 Å². The van der Waals surface area contributed by atoms with Gasteiger partial charge in [-0.15, -0.1) is 0 Å². The normalized spacial score (nSPS) is 18.1. The summed E-state index contributed by atoms with van der Waals surface area (Å²) >= 11 is 0. The lowest BCUT2D eigenvalue weighted by atomic mass is 9.82. The molecule has 1 aliphatic heterocycles. The molecule has 1 atom stereocenters. The van der Waals surface area contributed by atoms with Crippen molar-refractivity contribution in [2.75, 3.05) is 13.1 Å². The zero-order valence-corrected chi connectivity index (χ0v) is 14.5. The molecule has 3 N–H and O–H groups in total. The van der Waals surface area contributed by atoms with Crippen molar-refractivity contribution < 1.29 is 19.5 Å². The summed E-state index contributed by atoms with van der Waals surface area (Å²) in [7, 11) is 0. The number of rotatable bonds is 7. The Labute approximate surface area is 137 Å². The molecule has 0 saturated carbocycles. The van der Waals surface area contributed by atoms with Gasteiger partial charge in [0, 0.05) is 19.1 Å². The Morgan fingerprint density at radius 1 is 1.26 bits per heavy atom. The summed E-state index contributed by atoms with van der Waals surface area (Å²) in [5.41, 5.74) is -0.945. The predicted octanol–water partition coefficient (Wildman–Crippen LogP) is 1.58. The number of carbonyl (C=O) groups excluding carboxylic acids is 2. The largest absolute Gasteiger partial charge is 0.481 e. The molecule has 132 valence electrons. The molecule has 0 unspecified atom stereocenters. The van der Waals surface area contributed by atoms with Gasteiger partial charge in [-0.3, -0.25) is 9.59 Å². The van der Waals surface area contributed by atoms with Crippen molar-refractivity contribution in [3.63, 3.8) is 0 Å². The van der Waals surface area contributed by atoms with Gasteiger partial charge in [-0.25, -0.2) is 4.79 Å². The molecule has 3 amide bonds. The standard InChI is InChI=1S/C16H29N3O4/c1-5-16(6-2,14(21)22)10-17-13(20)12-8-7-9-19(12)15(23)18-11(3)4/h11-12H,5-10H2,1-4H3,(H,17,20)(H,18,23)(H,21,22)/t12-/m0/s1. The third kappa shape index (κ3) is 4.59. The lowest BCUT2D eigenvalue weighted by molar-refractivity contribution is -0.149. The van der Waals surface area contributed by atoms with Crippen LogP contribution in [0, 0.1) is 5.41 Å². The number of likely N-dealkylation sites (tertiary alicyclic amines) is 1. The molecular formula is C16H29N3O4. The molecule has 0 aromatic heterocycles. The lowest BCUT2D eigenvalue weighted by Gasteiger charge is -2.29. The van der Waals surface area contributed by atoms with Gasteiger partial charge in [-0.1, -0.05) is 13.8 Å². The quantitative estimate of drug-likeness (QED) is 0.661. The highest BCUT2D eigenvalue weighted by molar-refractivity contribution is 5.88. The van der Waals surface area contributed by atoms with Crippen molar-refractivity contribution in [1.82, 2.24) is 15.5 Å². The molecule has 0 aromatic carbocycles. The molecule has 7 nitrogen and oxygen atoms in total. The van der Waals surface area contributed by atoms with Crippen LogP contribution in [0.3, 0.4) is 0 Å². The monoisotopic (exact) mass is 327 g/mol. The lowest BCUT2D eigenvalue weighted by Crippen LogP contribution is -2.52. The van der Waals surface area contributed by atoms with Crippen molar-refractivity contribution in [2.45, 2.75) is 65.5 Å². The van der Waals surface area contributed by atoms with Crippen molar-refractivity contribution in [3.8, 4) is 0 Å². The van der Waals surface area contributed by atoms with Gasteiger partial charge >= 0.3 is 12.0 Å². The second-order valence-electron chi connectivity index (χ2n) is 6.47. The summed E-state index contributed by atoms with van der Waals surface area (Å²) < 4.78 is 0. The van der Waals surface area contributed by atoms with Crippen LogP contribution in [-0.4, -0.2) is 53.1 Å². The number of hydrogen-bond donors (Lipinski definition) is 3. The van der Waals surface area contributed by atoms with Gasteiger partial charge in [0.15, 0.2) is 0 Å². The molecule has 0 aliphatic carbocycles. The molecule has 23 heavy (non-hydrogen) atoms. The first-order valence-electron chi connectivity index (χ1n) is 8.35. The van der Waals surface area contributed by atoms with E-state index in [2.05, 4.69) is 10.6 Å². The number of urea groups is 1. The molecule has 0 bridgehead atoms. The van der Waals surface area contributed by atoms with Crippen LogP contribution < -0.4 is 10.6 Å². The summed E-state index contributed by atoms with van der Waals surface area (Å²) in [5.74, 6) is -1.17. The fourth-order valence-corrected chi connectivity index (χ4v) is 2.86. The highest BCUT2D eigenvalue weighted by Gasteiger charge is 2.38. The minimum atomic E-state index is -0.945. The number of hydrogen-bond acceptors (Lipinski definition) is 3. The van der Waals surface area contributed by atoms with Crippen molar-refractivity contribution in [2.24, 2.45) is 5.41 Å². The highest BCUT2D eigenvalue weighted by Crippen LogP contribution is 2.26. The minimum Gasteiger partial charge on any atom is -0.481 e. The van der Waals surface area contributed by atoms with Crippen LogP contribution in [0.1, 0.15) is 53.4 Å². The van der Waals surface area contributed by atoms with Gasteiger partial charge in [0.25, 0.3) is 0 Å². The van der Waals surface area contributed by atoms with E-state index in [4.69, 9.17) is 0 Å². The number of carboxylic acid groups (broad SMARTS) is 1. The topological polar surface area (TPSA) is 98.7 Å². The van der Waals surface area contributed by atoms with E-state index in [9.17, 15) is 19.5 Å². The van der Waals surface area contributed by atoms with Crippen LogP contribution in [0.15, 0.2) is 0 Å². The van der Waals surface area contributed by atoms with Crippen LogP contribution in [0.4, 0.5) is 4.79 Å². The molecule has 1 rings (SSSR count). The molecule has 0 spiro atoms. The Kier molecular flexibility index (Phi) is 6.84. The third-order valence-corrected chi connectivity index (χ3v) is 4.64. The van der Waals surface area contributed by atoms with Gasteiger partial charge in [-0.2, -0.15) is 0 Å². The van der Waals surface area contributed by atoms with E-state index < -0.39 is 17.4 Å². The number of nitrogens with zero attached hydrogens (tertiary/aromatic N) is 1. The maximum atomic E-state index is 12.4. The zero-order chi connectivity index (χ0) is 17.6. The van der Waals surface area contributed by atoms with Crippen LogP contribution in [0.2, 0.25) is 0 Å². The summed E-state index contributed by atoms with van der Waals surface area (Å²) in [6.07, 6.45) is 2.27. The number of carboxylic acids is 1. The Morgan fingerprint density at radius 2 is 1.87 bits per heavy atom. The SMILES string of the molecule is CCC(CC)(CNC(=O)[C@@H]1CCCN1C(=O)NC(C)C)C(=O)O. The van der Waals surface area contributed by atoms with Crippen molar-refractivity contribution in [3.05, 3.63) is 0 Å². The van der Waals surface area contributed by atoms with Gasteiger partial charge in [0.05, 0.1) is 5.41 Å². The summed E-state index contributed by atoms with van der Waals surface area (Å²) in [4.78, 5) is 37.6. The number of carbonyl (C=O) groups is 3. The van der Waals surface area contributed by atoms with E-state index >= 15 is 0 Å². The number of aliphatic carboxylic acids is 1. The van der Waals surface area contributed by atoms with Crippen LogP contribution in [0.25, 0.3) is 0 Å². The van der Waals surface area contributed by atoms with Gasteiger partial charge < -0.3 is 20.6 Å². The Morgan fingerprint density at radius 3 is 2.35 bits per heavy atom. The molecular weight excluding hydrogens is 298 g/mol.